The highest BCUT2D eigenvalue weighted by Gasteiger charge is 2.36. The molecule has 0 saturated carbocycles. The topological polar surface area (TPSA) is 76.8 Å². The summed E-state index contributed by atoms with van der Waals surface area (Å²) in [4.78, 5) is 38.4. The van der Waals surface area contributed by atoms with Crippen molar-refractivity contribution in [3.05, 3.63) is 58.5 Å². The fraction of sp³-hybridized carbons (Fsp3) is 0.381. The Bertz CT molecular complexity index is 869. The first kappa shape index (κ1) is 18.9. The van der Waals surface area contributed by atoms with E-state index >= 15 is 0 Å². The fourth-order valence-corrected chi connectivity index (χ4v) is 3.27. The van der Waals surface area contributed by atoms with Crippen molar-refractivity contribution in [3.8, 4) is 0 Å². The predicted molar refractivity (Wildman–Crippen MR) is 98.2 cm³/mol. The molecule has 27 heavy (non-hydrogen) atoms. The van der Waals surface area contributed by atoms with Crippen molar-refractivity contribution < 1.29 is 23.5 Å². The van der Waals surface area contributed by atoms with Gasteiger partial charge in [0.15, 0.2) is 6.61 Å². The van der Waals surface area contributed by atoms with Crippen LogP contribution in [-0.2, 0) is 20.9 Å². The lowest BCUT2D eigenvalue weighted by molar-refractivity contribution is -0.147. The highest BCUT2D eigenvalue weighted by molar-refractivity contribution is 5.99. The monoisotopic (exact) mass is 369 g/mol. The number of esters is 1. The first-order valence-electron chi connectivity index (χ1n) is 8.93. The molecule has 6 heteroatoms. The molecule has 1 aliphatic rings. The van der Waals surface area contributed by atoms with Crippen LogP contribution in [0.4, 0.5) is 0 Å². The maximum Gasteiger partial charge on any atom is 0.311 e. The maximum absolute atomic E-state index is 12.4. The van der Waals surface area contributed by atoms with Gasteiger partial charge in [0.2, 0.25) is 11.7 Å². The van der Waals surface area contributed by atoms with Crippen LogP contribution in [0.2, 0.25) is 0 Å². The molecule has 1 atom stereocenters. The van der Waals surface area contributed by atoms with E-state index in [1.54, 1.807) is 23.3 Å². The highest BCUT2D eigenvalue weighted by Crippen LogP contribution is 2.22. The van der Waals surface area contributed by atoms with Gasteiger partial charge in [0.05, 0.1) is 18.7 Å². The van der Waals surface area contributed by atoms with Gasteiger partial charge in [-0.15, -0.1) is 0 Å². The van der Waals surface area contributed by atoms with Crippen LogP contribution >= 0.6 is 0 Å². The Balaban J connectivity index is 1.56. The van der Waals surface area contributed by atoms with Gasteiger partial charge in [-0.1, -0.05) is 6.07 Å². The van der Waals surface area contributed by atoms with E-state index in [0.717, 1.165) is 16.7 Å². The molecule has 0 radical (unpaired) electrons. The molecule has 1 saturated heterocycles. The fourth-order valence-electron chi connectivity index (χ4n) is 3.27. The van der Waals surface area contributed by atoms with Gasteiger partial charge < -0.3 is 14.1 Å². The zero-order chi connectivity index (χ0) is 19.6. The molecule has 1 aromatic carbocycles. The van der Waals surface area contributed by atoms with Gasteiger partial charge in [0.1, 0.15) is 5.76 Å². The Labute approximate surface area is 158 Å². The standard InChI is InChI=1S/C21H23NO5/c1-13-7-15(3)18(8-14(13)2)19(23)12-27-21(25)16-9-20(24)22(10-16)11-17-5-4-6-26-17/h4-8,16H,9-12H2,1-3H3/t16-/m1/s1. The Morgan fingerprint density at radius 1 is 1.19 bits per heavy atom. The molecule has 142 valence electrons. The van der Waals surface area contributed by atoms with Gasteiger partial charge in [-0.2, -0.15) is 0 Å². The van der Waals surface area contributed by atoms with E-state index in [1.807, 2.05) is 32.9 Å². The summed E-state index contributed by atoms with van der Waals surface area (Å²) in [6.45, 7) is 6.08. The number of benzene rings is 1. The van der Waals surface area contributed by atoms with Crippen molar-refractivity contribution in [3.63, 3.8) is 0 Å². The molecule has 1 fully saturated rings. The van der Waals surface area contributed by atoms with Gasteiger partial charge in [-0.3, -0.25) is 14.4 Å². The molecule has 3 rings (SSSR count). The second-order valence-corrected chi connectivity index (χ2v) is 7.04. The van der Waals surface area contributed by atoms with Crippen molar-refractivity contribution in [1.29, 1.82) is 0 Å². The zero-order valence-electron chi connectivity index (χ0n) is 15.8. The van der Waals surface area contributed by atoms with Crippen molar-refractivity contribution >= 4 is 17.7 Å². The van der Waals surface area contributed by atoms with Gasteiger partial charge in [-0.25, -0.2) is 0 Å². The Kier molecular flexibility index (Phi) is 5.44. The second-order valence-electron chi connectivity index (χ2n) is 7.04. The van der Waals surface area contributed by atoms with Gasteiger partial charge in [0.25, 0.3) is 0 Å². The number of carbonyl (C=O) groups excluding carboxylic acids is 3. The number of rotatable bonds is 6. The molecule has 1 aromatic heterocycles. The van der Waals surface area contributed by atoms with Crippen LogP contribution in [0.25, 0.3) is 0 Å². The first-order valence-corrected chi connectivity index (χ1v) is 8.93. The Hall–Kier alpha value is -2.89. The van der Waals surface area contributed by atoms with Crippen LogP contribution in [-0.4, -0.2) is 35.7 Å². The summed E-state index contributed by atoms with van der Waals surface area (Å²) in [6, 6.07) is 7.31. The third-order valence-electron chi connectivity index (χ3n) is 4.96. The summed E-state index contributed by atoms with van der Waals surface area (Å²) >= 11 is 0. The molecule has 0 spiro atoms. The quantitative estimate of drug-likeness (QED) is 0.578. The molecule has 0 unspecified atom stereocenters. The van der Waals surface area contributed by atoms with E-state index in [0.29, 0.717) is 17.9 Å². The zero-order valence-corrected chi connectivity index (χ0v) is 15.8. The number of ether oxygens (including phenoxy) is 1. The molecule has 0 aliphatic carbocycles. The van der Waals surface area contributed by atoms with Crippen LogP contribution in [0.1, 0.15) is 39.2 Å². The van der Waals surface area contributed by atoms with Crippen LogP contribution in [0, 0.1) is 26.7 Å². The summed E-state index contributed by atoms with van der Waals surface area (Å²) in [5.41, 5.74) is 3.56. The number of hydrogen-bond donors (Lipinski definition) is 0. The van der Waals surface area contributed by atoms with E-state index in [4.69, 9.17) is 9.15 Å². The number of Topliss-reactive ketones (excluding diaryl/α,β-unsaturated/α-hetero) is 1. The van der Waals surface area contributed by atoms with Crippen LogP contribution < -0.4 is 0 Å². The summed E-state index contributed by atoms with van der Waals surface area (Å²) in [5, 5.41) is 0. The normalized spacial score (nSPS) is 16.6. The molecule has 1 aliphatic heterocycles. The summed E-state index contributed by atoms with van der Waals surface area (Å²) in [7, 11) is 0. The van der Waals surface area contributed by atoms with Gasteiger partial charge in [-0.05, 0) is 55.7 Å². The van der Waals surface area contributed by atoms with Crippen molar-refractivity contribution in [2.24, 2.45) is 5.92 Å². The third-order valence-corrected chi connectivity index (χ3v) is 4.96. The number of aryl methyl sites for hydroxylation is 3. The number of carbonyl (C=O) groups is 3. The van der Waals surface area contributed by atoms with Crippen molar-refractivity contribution in [1.82, 2.24) is 4.90 Å². The summed E-state index contributed by atoms with van der Waals surface area (Å²) in [6.07, 6.45) is 1.64. The summed E-state index contributed by atoms with van der Waals surface area (Å²) in [5.74, 6) is -0.760. The van der Waals surface area contributed by atoms with E-state index in [2.05, 4.69) is 0 Å². The average molecular weight is 369 g/mol. The van der Waals surface area contributed by atoms with Crippen LogP contribution in [0.15, 0.2) is 34.9 Å². The first-order chi connectivity index (χ1) is 12.8. The molecule has 0 N–H and O–H groups in total. The number of ketones is 1. The van der Waals surface area contributed by atoms with Crippen molar-refractivity contribution in [2.45, 2.75) is 33.7 Å². The second kappa shape index (κ2) is 7.78. The molecular weight excluding hydrogens is 346 g/mol. The molecule has 6 nitrogen and oxygen atoms in total. The smallest absolute Gasteiger partial charge is 0.311 e. The number of likely N-dealkylation sites (tertiary alicyclic amines) is 1. The minimum Gasteiger partial charge on any atom is -0.467 e. The number of furan rings is 1. The Morgan fingerprint density at radius 3 is 2.63 bits per heavy atom. The van der Waals surface area contributed by atoms with Gasteiger partial charge in [0, 0.05) is 18.5 Å². The molecule has 2 heterocycles. The minimum absolute atomic E-state index is 0.0937. The Morgan fingerprint density at radius 2 is 1.93 bits per heavy atom. The third kappa shape index (κ3) is 4.27. The number of amides is 1. The van der Waals surface area contributed by atoms with E-state index in [9.17, 15) is 14.4 Å². The number of hydrogen-bond acceptors (Lipinski definition) is 5. The largest absolute Gasteiger partial charge is 0.467 e. The lowest BCUT2D eigenvalue weighted by Gasteiger charge is -2.15. The SMILES string of the molecule is Cc1cc(C)c(C(=O)COC(=O)[C@@H]2CC(=O)N(Cc3ccco3)C2)cc1C. The molecule has 2 aromatic rings. The summed E-state index contributed by atoms with van der Waals surface area (Å²) < 4.78 is 10.5. The molecule has 0 bridgehead atoms. The predicted octanol–water partition coefficient (Wildman–Crippen LogP) is 2.98. The van der Waals surface area contributed by atoms with Crippen LogP contribution in [0.5, 0.6) is 0 Å². The lowest BCUT2D eigenvalue weighted by atomic mass is 9.98. The number of nitrogens with zero attached hydrogens (tertiary/aromatic N) is 1. The van der Waals surface area contributed by atoms with E-state index < -0.39 is 11.9 Å². The van der Waals surface area contributed by atoms with Gasteiger partial charge >= 0.3 is 5.97 Å². The van der Waals surface area contributed by atoms with Crippen LogP contribution in [0.3, 0.4) is 0 Å². The highest BCUT2D eigenvalue weighted by atomic mass is 16.5. The lowest BCUT2D eigenvalue weighted by Crippen LogP contribution is -2.27. The maximum atomic E-state index is 12.4. The van der Waals surface area contributed by atoms with E-state index in [1.165, 1.54) is 0 Å². The molecule has 1 amide bonds. The van der Waals surface area contributed by atoms with E-state index in [-0.39, 0.29) is 31.3 Å². The average Bonchev–Trinajstić information content (AvgIpc) is 3.26. The minimum atomic E-state index is -0.555. The molecular formula is C21H23NO5. The van der Waals surface area contributed by atoms with Crippen molar-refractivity contribution in [2.75, 3.05) is 13.2 Å².